The number of hydrogen-bond donors (Lipinski definition) is 1. The Balaban J connectivity index is 1.63. The van der Waals surface area contributed by atoms with Gasteiger partial charge < -0.3 is 10.1 Å². The number of carbonyl (C=O) groups is 1. The molecule has 0 unspecified atom stereocenters. The number of ether oxygens (including phenoxy) is 1. The van der Waals surface area contributed by atoms with Crippen LogP contribution in [0.15, 0.2) is 72.8 Å². The zero-order valence-corrected chi connectivity index (χ0v) is 17.7. The van der Waals surface area contributed by atoms with E-state index in [1.807, 2.05) is 30.3 Å². The van der Waals surface area contributed by atoms with Gasteiger partial charge in [0.2, 0.25) is 0 Å². The molecule has 0 aliphatic carbocycles. The smallest absolute Gasteiger partial charge is 0.416 e. The molecule has 1 N–H and O–H groups in total. The van der Waals surface area contributed by atoms with E-state index in [0.717, 1.165) is 23.8 Å². The van der Waals surface area contributed by atoms with Crippen molar-refractivity contribution in [3.05, 3.63) is 94.5 Å². The molecular formula is C24H21ClF3NO2. The van der Waals surface area contributed by atoms with Crippen LogP contribution in [0.25, 0.3) is 0 Å². The summed E-state index contributed by atoms with van der Waals surface area (Å²) in [5.74, 6) is -0.146. The molecule has 31 heavy (non-hydrogen) atoms. The summed E-state index contributed by atoms with van der Waals surface area (Å²) in [5.41, 5.74) is 1.01. The normalized spacial score (nSPS) is 11.8. The number of anilines is 1. The second-order valence-electron chi connectivity index (χ2n) is 7.54. The van der Waals surface area contributed by atoms with Crippen molar-refractivity contribution in [1.29, 1.82) is 0 Å². The molecule has 3 aromatic carbocycles. The number of benzene rings is 3. The predicted molar refractivity (Wildman–Crippen MR) is 116 cm³/mol. The zero-order chi connectivity index (χ0) is 22.6. The second kappa shape index (κ2) is 9.02. The van der Waals surface area contributed by atoms with Crippen LogP contribution in [0.5, 0.6) is 5.75 Å². The average Bonchev–Trinajstić information content (AvgIpc) is 2.74. The first-order valence-corrected chi connectivity index (χ1v) is 9.90. The standard InChI is InChI=1S/C24H21ClF3NO2/c1-23(2,16-6-4-3-5-7-16)17-8-11-19(12-9-17)31-15-22(30)29-21-14-18(24(26,27)28)10-13-20(21)25/h3-14H,15H2,1-2H3,(H,29,30). The van der Waals surface area contributed by atoms with Crippen molar-refractivity contribution in [1.82, 2.24) is 0 Å². The van der Waals surface area contributed by atoms with Gasteiger partial charge in [-0.15, -0.1) is 0 Å². The second-order valence-corrected chi connectivity index (χ2v) is 7.95. The summed E-state index contributed by atoms with van der Waals surface area (Å²) in [6.07, 6.45) is -4.53. The number of amides is 1. The molecule has 0 saturated carbocycles. The van der Waals surface area contributed by atoms with Crippen LogP contribution in [0.4, 0.5) is 18.9 Å². The molecule has 0 spiro atoms. The highest BCUT2D eigenvalue weighted by atomic mass is 35.5. The maximum absolute atomic E-state index is 12.9. The molecule has 0 aliphatic heterocycles. The van der Waals surface area contributed by atoms with Crippen molar-refractivity contribution >= 4 is 23.2 Å². The molecule has 0 bridgehead atoms. The summed E-state index contributed by atoms with van der Waals surface area (Å²) in [6.45, 7) is 3.86. The minimum Gasteiger partial charge on any atom is -0.484 e. The number of rotatable bonds is 6. The molecule has 0 aliphatic rings. The average molecular weight is 448 g/mol. The Morgan fingerprint density at radius 3 is 2.10 bits per heavy atom. The van der Waals surface area contributed by atoms with E-state index in [4.69, 9.17) is 16.3 Å². The Hall–Kier alpha value is -2.99. The lowest BCUT2D eigenvalue weighted by molar-refractivity contribution is -0.137. The number of carbonyl (C=O) groups excluding carboxylic acids is 1. The largest absolute Gasteiger partial charge is 0.484 e. The molecular weight excluding hydrogens is 427 g/mol. The molecule has 0 aromatic heterocycles. The Bertz CT molecular complexity index is 1050. The van der Waals surface area contributed by atoms with Crippen molar-refractivity contribution in [3.63, 3.8) is 0 Å². The third kappa shape index (κ3) is 5.58. The molecule has 3 nitrogen and oxygen atoms in total. The van der Waals surface area contributed by atoms with Gasteiger partial charge in [-0.25, -0.2) is 0 Å². The summed E-state index contributed by atoms with van der Waals surface area (Å²) < 4.78 is 44.0. The Morgan fingerprint density at radius 1 is 0.903 bits per heavy atom. The molecule has 0 heterocycles. The molecule has 0 radical (unpaired) electrons. The summed E-state index contributed by atoms with van der Waals surface area (Å²) in [7, 11) is 0. The van der Waals surface area contributed by atoms with E-state index in [2.05, 4.69) is 31.3 Å². The Kier molecular flexibility index (Phi) is 6.60. The van der Waals surface area contributed by atoms with Crippen LogP contribution < -0.4 is 10.1 Å². The molecule has 0 saturated heterocycles. The van der Waals surface area contributed by atoms with Crippen LogP contribution in [-0.2, 0) is 16.4 Å². The van der Waals surface area contributed by atoms with E-state index in [1.54, 1.807) is 12.1 Å². The summed E-state index contributed by atoms with van der Waals surface area (Å²) in [4.78, 5) is 12.1. The van der Waals surface area contributed by atoms with Crippen molar-refractivity contribution in [3.8, 4) is 5.75 Å². The Labute approximate surface area is 183 Å². The Morgan fingerprint density at radius 2 is 1.48 bits per heavy atom. The third-order valence-electron chi connectivity index (χ3n) is 5.01. The first kappa shape index (κ1) is 22.7. The van der Waals surface area contributed by atoms with E-state index in [1.165, 1.54) is 5.56 Å². The lowest BCUT2D eigenvalue weighted by Gasteiger charge is -2.26. The van der Waals surface area contributed by atoms with Crippen molar-refractivity contribution in [2.75, 3.05) is 11.9 Å². The molecule has 1 amide bonds. The first-order chi connectivity index (χ1) is 14.6. The summed E-state index contributed by atoms with van der Waals surface area (Å²) in [5, 5.41) is 2.36. The quantitative estimate of drug-likeness (QED) is 0.456. The predicted octanol–water partition coefficient (Wildman–Crippen LogP) is 6.70. The minimum atomic E-state index is -4.53. The number of alkyl halides is 3. The SMILES string of the molecule is CC(C)(c1ccccc1)c1ccc(OCC(=O)Nc2cc(C(F)(F)F)ccc2Cl)cc1. The fourth-order valence-electron chi connectivity index (χ4n) is 3.12. The highest BCUT2D eigenvalue weighted by Crippen LogP contribution is 2.34. The van der Waals surface area contributed by atoms with Crippen LogP contribution in [0.3, 0.4) is 0 Å². The molecule has 162 valence electrons. The van der Waals surface area contributed by atoms with Crippen molar-refractivity contribution in [2.24, 2.45) is 0 Å². The van der Waals surface area contributed by atoms with Crippen LogP contribution in [0.1, 0.15) is 30.5 Å². The van der Waals surface area contributed by atoms with Crippen molar-refractivity contribution < 1.29 is 22.7 Å². The van der Waals surface area contributed by atoms with E-state index in [-0.39, 0.29) is 22.7 Å². The van der Waals surface area contributed by atoms with E-state index in [0.29, 0.717) is 5.75 Å². The molecule has 3 aromatic rings. The highest BCUT2D eigenvalue weighted by molar-refractivity contribution is 6.33. The van der Waals surface area contributed by atoms with Crippen LogP contribution in [0, 0.1) is 0 Å². The monoisotopic (exact) mass is 447 g/mol. The summed E-state index contributed by atoms with van der Waals surface area (Å²) in [6, 6.07) is 20.2. The van der Waals surface area contributed by atoms with Gasteiger partial charge in [0, 0.05) is 5.41 Å². The highest BCUT2D eigenvalue weighted by Gasteiger charge is 2.31. The molecule has 0 fully saturated rings. The molecule has 7 heteroatoms. The van der Waals surface area contributed by atoms with Crippen molar-refractivity contribution in [2.45, 2.75) is 25.4 Å². The van der Waals surface area contributed by atoms with Gasteiger partial charge in [-0.1, -0.05) is 67.9 Å². The van der Waals surface area contributed by atoms with Gasteiger partial charge in [0.05, 0.1) is 16.3 Å². The van der Waals surface area contributed by atoms with Gasteiger partial charge in [-0.2, -0.15) is 13.2 Å². The fraction of sp³-hybridized carbons (Fsp3) is 0.208. The van der Waals surface area contributed by atoms with Gasteiger partial charge in [0.1, 0.15) is 5.75 Å². The topological polar surface area (TPSA) is 38.3 Å². The number of hydrogen-bond acceptors (Lipinski definition) is 2. The van der Waals surface area contributed by atoms with E-state index in [9.17, 15) is 18.0 Å². The van der Waals surface area contributed by atoms with Crippen LogP contribution in [0.2, 0.25) is 5.02 Å². The van der Waals surface area contributed by atoms with Gasteiger partial charge >= 0.3 is 6.18 Å². The van der Waals surface area contributed by atoms with E-state index < -0.39 is 17.6 Å². The van der Waals surface area contributed by atoms with Gasteiger partial charge in [0.25, 0.3) is 5.91 Å². The number of nitrogens with one attached hydrogen (secondary N) is 1. The van der Waals surface area contributed by atoms with Gasteiger partial charge in [-0.05, 0) is 41.5 Å². The van der Waals surface area contributed by atoms with Gasteiger partial charge in [0.15, 0.2) is 6.61 Å². The maximum Gasteiger partial charge on any atom is 0.416 e. The minimum absolute atomic E-state index is 0.00819. The lowest BCUT2D eigenvalue weighted by atomic mass is 9.78. The zero-order valence-electron chi connectivity index (χ0n) is 17.0. The third-order valence-corrected chi connectivity index (χ3v) is 5.34. The fourth-order valence-corrected chi connectivity index (χ4v) is 3.29. The number of halogens is 4. The molecule has 3 rings (SSSR count). The van der Waals surface area contributed by atoms with Crippen LogP contribution >= 0.6 is 11.6 Å². The first-order valence-electron chi connectivity index (χ1n) is 9.53. The maximum atomic E-state index is 12.9. The molecule has 0 atom stereocenters. The lowest BCUT2D eigenvalue weighted by Crippen LogP contribution is -2.21. The van der Waals surface area contributed by atoms with Crippen LogP contribution in [-0.4, -0.2) is 12.5 Å². The van der Waals surface area contributed by atoms with Gasteiger partial charge in [-0.3, -0.25) is 4.79 Å². The van der Waals surface area contributed by atoms with E-state index >= 15 is 0 Å². The summed E-state index contributed by atoms with van der Waals surface area (Å²) >= 11 is 5.90.